The Kier molecular flexibility index (Phi) is 9.07. The minimum Gasteiger partial charge on any atom is -0.494 e. The molecule has 2 fully saturated rings. The van der Waals surface area contributed by atoms with Crippen LogP contribution in [-0.2, 0) is 9.59 Å². The van der Waals surface area contributed by atoms with Gasteiger partial charge in [-0.2, -0.15) is 0 Å². The van der Waals surface area contributed by atoms with E-state index < -0.39 is 6.04 Å². The molecule has 2 aliphatic heterocycles. The minimum atomic E-state index is -0.402. The van der Waals surface area contributed by atoms with Gasteiger partial charge in [-0.1, -0.05) is 86.8 Å². The lowest BCUT2D eigenvalue weighted by Crippen LogP contribution is -2.53. The predicted molar refractivity (Wildman–Crippen MR) is 155 cm³/mol. The molecule has 3 aromatic carbocycles. The monoisotopic (exact) mass is 525 g/mol. The van der Waals surface area contributed by atoms with Gasteiger partial charge in [-0.05, 0) is 41.8 Å². The van der Waals surface area contributed by atoms with Gasteiger partial charge in [-0.3, -0.25) is 19.4 Å². The van der Waals surface area contributed by atoms with Crippen LogP contribution in [0.5, 0.6) is 5.75 Å². The zero-order valence-corrected chi connectivity index (χ0v) is 22.9. The molecule has 39 heavy (non-hydrogen) atoms. The van der Waals surface area contributed by atoms with Gasteiger partial charge in [-0.25, -0.2) is 4.90 Å². The summed E-state index contributed by atoms with van der Waals surface area (Å²) in [7, 11) is 0. The van der Waals surface area contributed by atoms with E-state index in [-0.39, 0.29) is 24.3 Å². The first-order valence-electron chi connectivity index (χ1n) is 14.3. The van der Waals surface area contributed by atoms with Crippen LogP contribution in [0.3, 0.4) is 0 Å². The van der Waals surface area contributed by atoms with E-state index in [1.165, 1.54) is 35.3 Å². The molecule has 6 heteroatoms. The molecule has 204 valence electrons. The molecule has 2 saturated heterocycles. The molecule has 0 bridgehead atoms. The number of carbonyl (C=O) groups excluding carboxylic acids is 2. The number of piperazine rings is 1. The van der Waals surface area contributed by atoms with Gasteiger partial charge in [0.1, 0.15) is 5.75 Å². The smallest absolute Gasteiger partial charge is 0.251 e. The first-order chi connectivity index (χ1) is 19.2. The normalized spacial score (nSPS) is 18.7. The lowest BCUT2D eigenvalue weighted by molar-refractivity contribution is -0.123. The van der Waals surface area contributed by atoms with Crippen LogP contribution in [0, 0.1) is 0 Å². The second kappa shape index (κ2) is 13.0. The molecule has 0 aliphatic carbocycles. The van der Waals surface area contributed by atoms with Crippen LogP contribution in [0.4, 0.5) is 5.69 Å². The fourth-order valence-electron chi connectivity index (χ4n) is 5.77. The fourth-order valence-corrected chi connectivity index (χ4v) is 5.77. The Morgan fingerprint density at radius 1 is 0.769 bits per heavy atom. The highest BCUT2D eigenvalue weighted by molar-refractivity contribution is 6.22. The number of unbranched alkanes of at least 4 members (excludes halogenated alkanes) is 3. The number of amides is 2. The third kappa shape index (κ3) is 6.40. The highest BCUT2D eigenvalue weighted by Crippen LogP contribution is 2.32. The molecule has 2 aliphatic rings. The number of hydrogen-bond acceptors (Lipinski definition) is 5. The standard InChI is InChI=1S/C33H39N3O3/c1-2-3-4-11-24-39-29-18-16-28(17-19-29)36-31(37)25-30(33(36)38)34-20-22-35(23-21-34)32(26-12-7-5-8-13-26)27-14-9-6-10-15-27/h5-10,12-19,30,32H,2-4,11,20-25H2,1H3/t30-/m1/s1. The zero-order chi connectivity index (χ0) is 27.0. The summed E-state index contributed by atoms with van der Waals surface area (Å²) in [6.45, 7) is 6.03. The van der Waals surface area contributed by atoms with E-state index in [4.69, 9.17) is 4.74 Å². The van der Waals surface area contributed by atoms with Crippen LogP contribution in [0.15, 0.2) is 84.9 Å². The molecule has 0 N–H and O–H groups in total. The first-order valence-corrected chi connectivity index (χ1v) is 14.3. The van der Waals surface area contributed by atoms with E-state index in [1.54, 1.807) is 0 Å². The molecule has 0 aromatic heterocycles. The van der Waals surface area contributed by atoms with Crippen molar-refractivity contribution in [1.29, 1.82) is 0 Å². The number of ether oxygens (including phenoxy) is 1. The number of nitrogens with zero attached hydrogens (tertiary/aromatic N) is 3. The van der Waals surface area contributed by atoms with Crippen molar-refractivity contribution in [3.8, 4) is 5.75 Å². The molecule has 1 atom stereocenters. The summed E-state index contributed by atoms with van der Waals surface area (Å²) in [6.07, 6.45) is 4.85. The summed E-state index contributed by atoms with van der Waals surface area (Å²) in [5.74, 6) is 0.518. The molecule has 5 rings (SSSR count). The van der Waals surface area contributed by atoms with Gasteiger partial charge in [0, 0.05) is 26.2 Å². The van der Waals surface area contributed by atoms with Crippen LogP contribution in [0.1, 0.15) is 56.2 Å². The van der Waals surface area contributed by atoms with Gasteiger partial charge in [0.25, 0.3) is 5.91 Å². The van der Waals surface area contributed by atoms with Gasteiger partial charge in [0.2, 0.25) is 5.91 Å². The zero-order valence-electron chi connectivity index (χ0n) is 22.9. The summed E-state index contributed by atoms with van der Waals surface area (Å²) in [4.78, 5) is 32.5. The highest BCUT2D eigenvalue weighted by atomic mass is 16.5. The largest absolute Gasteiger partial charge is 0.494 e. The average Bonchev–Trinajstić information content (AvgIpc) is 3.28. The van der Waals surface area contributed by atoms with Crippen molar-refractivity contribution in [2.45, 2.75) is 51.1 Å². The van der Waals surface area contributed by atoms with Gasteiger partial charge >= 0.3 is 0 Å². The van der Waals surface area contributed by atoms with Crippen LogP contribution in [0.2, 0.25) is 0 Å². The van der Waals surface area contributed by atoms with E-state index in [0.29, 0.717) is 12.3 Å². The number of carbonyl (C=O) groups is 2. The van der Waals surface area contributed by atoms with E-state index in [1.807, 2.05) is 36.4 Å². The molecular weight excluding hydrogens is 486 g/mol. The Bertz CT molecular complexity index is 1170. The van der Waals surface area contributed by atoms with Crippen LogP contribution >= 0.6 is 0 Å². The van der Waals surface area contributed by atoms with E-state index in [0.717, 1.165) is 38.3 Å². The third-order valence-corrected chi connectivity index (χ3v) is 7.87. The van der Waals surface area contributed by atoms with E-state index >= 15 is 0 Å². The second-order valence-electron chi connectivity index (χ2n) is 10.5. The Balaban J connectivity index is 1.20. The molecular formula is C33H39N3O3. The number of hydrogen-bond donors (Lipinski definition) is 0. The molecule has 0 unspecified atom stereocenters. The van der Waals surface area contributed by atoms with Crippen LogP contribution in [-0.4, -0.2) is 60.4 Å². The van der Waals surface area contributed by atoms with Crippen molar-refractivity contribution in [3.05, 3.63) is 96.1 Å². The molecule has 2 heterocycles. The summed E-state index contributed by atoms with van der Waals surface area (Å²) in [5.41, 5.74) is 3.16. The summed E-state index contributed by atoms with van der Waals surface area (Å²) < 4.78 is 5.83. The Morgan fingerprint density at radius 2 is 1.38 bits per heavy atom. The first kappa shape index (κ1) is 27.1. The maximum Gasteiger partial charge on any atom is 0.251 e. The molecule has 6 nitrogen and oxygen atoms in total. The lowest BCUT2D eigenvalue weighted by Gasteiger charge is -2.41. The van der Waals surface area contributed by atoms with Gasteiger partial charge in [0.15, 0.2) is 0 Å². The predicted octanol–water partition coefficient (Wildman–Crippen LogP) is 5.68. The lowest BCUT2D eigenvalue weighted by atomic mass is 9.96. The quantitative estimate of drug-likeness (QED) is 0.238. The maximum atomic E-state index is 13.4. The average molecular weight is 526 g/mol. The van der Waals surface area contributed by atoms with Gasteiger partial charge in [0.05, 0.1) is 30.8 Å². The number of rotatable bonds is 11. The van der Waals surface area contributed by atoms with Gasteiger partial charge in [-0.15, -0.1) is 0 Å². The summed E-state index contributed by atoms with van der Waals surface area (Å²) >= 11 is 0. The second-order valence-corrected chi connectivity index (χ2v) is 10.5. The Labute approximate surface area is 232 Å². The summed E-state index contributed by atoms with van der Waals surface area (Å²) in [5, 5.41) is 0. The maximum absolute atomic E-state index is 13.4. The summed E-state index contributed by atoms with van der Waals surface area (Å²) in [6, 6.07) is 28.3. The van der Waals surface area contributed by atoms with E-state index in [9.17, 15) is 9.59 Å². The van der Waals surface area contributed by atoms with Crippen molar-refractivity contribution in [3.63, 3.8) is 0 Å². The highest BCUT2D eigenvalue weighted by Gasteiger charge is 2.43. The Morgan fingerprint density at radius 3 is 1.97 bits per heavy atom. The van der Waals surface area contributed by atoms with Crippen LogP contribution < -0.4 is 9.64 Å². The molecule has 0 spiro atoms. The Hall–Kier alpha value is -3.48. The molecule has 0 radical (unpaired) electrons. The fraction of sp³-hybridized carbons (Fsp3) is 0.394. The van der Waals surface area contributed by atoms with Crippen molar-refractivity contribution < 1.29 is 14.3 Å². The minimum absolute atomic E-state index is 0.121. The molecule has 3 aromatic rings. The van der Waals surface area contributed by atoms with E-state index in [2.05, 4.69) is 65.3 Å². The van der Waals surface area contributed by atoms with Crippen LogP contribution in [0.25, 0.3) is 0 Å². The van der Waals surface area contributed by atoms with Gasteiger partial charge < -0.3 is 4.74 Å². The topological polar surface area (TPSA) is 53.1 Å². The number of imide groups is 1. The SMILES string of the molecule is CCCCCCOc1ccc(N2C(=O)C[C@@H](N3CCN(C(c4ccccc4)c4ccccc4)CC3)C2=O)cc1. The third-order valence-electron chi connectivity index (χ3n) is 7.87. The van der Waals surface area contributed by atoms with Crippen molar-refractivity contribution >= 4 is 17.5 Å². The number of benzene rings is 3. The number of anilines is 1. The molecule has 0 saturated carbocycles. The van der Waals surface area contributed by atoms with Crippen molar-refractivity contribution in [1.82, 2.24) is 9.80 Å². The van der Waals surface area contributed by atoms with Crippen molar-refractivity contribution in [2.24, 2.45) is 0 Å². The molecule has 2 amide bonds. The van der Waals surface area contributed by atoms with Crippen molar-refractivity contribution in [2.75, 3.05) is 37.7 Å².